The van der Waals surface area contributed by atoms with Crippen LogP contribution in [-0.4, -0.2) is 32.0 Å². The lowest BCUT2D eigenvalue weighted by molar-refractivity contribution is 0.0729. The lowest BCUT2D eigenvalue weighted by Crippen LogP contribution is -2.12. The zero-order chi connectivity index (χ0) is 14.0. The Morgan fingerprint density at radius 2 is 2.16 bits per heavy atom. The van der Waals surface area contributed by atoms with E-state index in [0.29, 0.717) is 6.61 Å². The van der Waals surface area contributed by atoms with Crippen molar-refractivity contribution in [3.63, 3.8) is 0 Å². The van der Waals surface area contributed by atoms with Crippen LogP contribution >= 0.6 is 12.2 Å². The summed E-state index contributed by atoms with van der Waals surface area (Å²) in [4.78, 5) is 3.28. The molecule has 0 spiro atoms. The van der Waals surface area contributed by atoms with Crippen molar-refractivity contribution in [1.82, 2.24) is 19.3 Å². The molecule has 0 saturated carbocycles. The van der Waals surface area contributed by atoms with E-state index in [4.69, 9.17) is 17.0 Å². The Morgan fingerprint density at radius 1 is 1.42 bits per heavy atom. The van der Waals surface area contributed by atoms with Crippen molar-refractivity contribution in [3.8, 4) is 0 Å². The molecule has 0 aromatic carbocycles. The zero-order valence-corrected chi connectivity index (χ0v) is 12.9. The number of hydrogen-bond donors (Lipinski definition) is 1. The molecule has 6 heteroatoms. The van der Waals surface area contributed by atoms with E-state index in [9.17, 15) is 0 Å². The normalized spacial score (nSPS) is 11.8. The molecule has 0 bridgehead atoms. The number of aromatic amines is 1. The maximum Gasteiger partial charge on any atom is 0.179 e. The van der Waals surface area contributed by atoms with Crippen molar-refractivity contribution in [2.45, 2.75) is 46.3 Å². The van der Waals surface area contributed by atoms with E-state index in [2.05, 4.69) is 21.6 Å². The lowest BCUT2D eigenvalue weighted by Gasteiger charge is -2.08. The molecule has 2 aromatic rings. The van der Waals surface area contributed by atoms with Crippen LogP contribution < -0.4 is 0 Å². The zero-order valence-electron chi connectivity index (χ0n) is 12.1. The summed E-state index contributed by atoms with van der Waals surface area (Å²) >= 11 is 5.40. The number of fused-ring (bicyclic) bond motifs is 1. The molecule has 2 rings (SSSR count). The summed E-state index contributed by atoms with van der Waals surface area (Å²) < 4.78 is 10.3. The van der Waals surface area contributed by atoms with E-state index in [1.807, 2.05) is 25.6 Å². The molecular formula is C13H22N4OS. The average molecular weight is 282 g/mol. The van der Waals surface area contributed by atoms with Gasteiger partial charge in [-0.2, -0.15) is 5.10 Å². The number of nitrogens with one attached hydrogen (secondary N) is 1. The highest BCUT2D eigenvalue weighted by atomic mass is 32.1. The second-order valence-electron chi connectivity index (χ2n) is 5.02. The lowest BCUT2D eigenvalue weighted by atomic mass is 10.2. The van der Waals surface area contributed by atoms with Gasteiger partial charge in [0.15, 0.2) is 10.4 Å². The number of aromatic nitrogens is 4. The van der Waals surface area contributed by atoms with E-state index < -0.39 is 0 Å². The molecule has 0 aliphatic heterocycles. The summed E-state index contributed by atoms with van der Waals surface area (Å²) in [5.41, 5.74) is 3.22. The average Bonchev–Trinajstić information content (AvgIpc) is 2.79. The molecule has 5 nitrogen and oxygen atoms in total. The van der Waals surface area contributed by atoms with E-state index in [1.165, 1.54) is 0 Å². The van der Waals surface area contributed by atoms with E-state index in [0.717, 1.165) is 41.0 Å². The van der Waals surface area contributed by atoms with Gasteiger partial charge in [-0.1, -0.05) is 13.3 Å². The fourth-order valence-electron chi connectivity index (χ4n) is 2.28. The number of nitrogens with zero attached hydrogens (tertiary/aromatic N) is 3. The minimum absolute atomic E-state index is 0.241. The van der Waals surface area contributed by atoms with Crippen LogP contribution in [0.15, 0.2) is 0 Å². The molecule has 19 heavy (non-hydrogen) atoms. The van der Waals surface area contributed by atoms with Gasteiger partial charge in [0.2, 0.25) is 0 Å². The molecule has 0 fully saturated rings. The fourth-order valence-corrected chi connectivity index (χ4v) is 2.56. The van der Waals surface area contributed by atoms with E-state index >= 15 is 0 Å². The Kier molecular flexibility index (Phi) is 4.42. The highest BCUT2D eigenvalue weighted by Gasteiger charge is 2.14. The standard InChI is InChI=1S/C13H22N4OS/c1-5-6-10-11-12(16(4)15-10)17(13(19)14-11)7-8-18-9(2)3/h9H,5-8H2,1-4H3,(H,14,19). The maximum absolute atomic E-state index is 5.60. The number of rotatable bonds is 6. The predicted molar refractivity (Wildman–Crippen MR) is 79.0 cm³/mol. The first kappa shape index (κ1) is 14.3. The molecule has 0 unspecified atom stereocenters. The van der Waals surface area contributed by atoms with Crippen LogP contribution in [0.5, 0.6) is 0 Å². The van der Waals surface area contributed by atoms with Gasteiger partial charge in [0.1, 0.15) is 5.52 Å². The van der Waals surface area contributed by atoms with Crippen LogP contribution in [0, 0.1) is 4.77 Å². The second-order valence-corrected chi connectivity index (χ2v) is 5.41. The maximum atomic E-state index is 5.60. The topological polar surface area (TPSA) is 47.8 Å². The van der Waals surface area contributed by atoms with Crippen LogP contribution in [0.1, 0.15) is 32.9 Å². The Balaban J connectivity index is 2.33. The molecule has 1 N–H and O–H groups in total. The minimum atomic E-state index is 0.241. The molecule has 0 aliphatic carbocycles. The van der Waals surface area contributed by atoms with Crippen molar-refractivity contribution in [2.24, 2.45) is 7.05 Å². The molecule has 0 radical (unpaired) electrons. The molecule has 0 aliphatic rings. The first-order valence-corrected chi connectivity index (χ1v) is 7.21. The summed E-state index contributed by atoms with van der Waals surface area (Å²) in [5.74, 6) is 0. The number of hydrogen-bond acceptors (Lipinski definition) is 3. The first-order chi connectivity index (χ1) is 9.04. The summed E-state index contributed by atoms with van der Waals surface area (Å²) in [5, 5.41) is 4.56. The van der Waals surface area contributed by atoms with Crippen LogP contribution in [-0.2, 0) is 24.8 Å². The molecule has 0 amide bonds. The third-order valence-electron chi connectivity index (χ3n) is 3.08. The molecule has 2 heterocycles. The van der Waals surface area contributed by atoms with Gasteiger partial charge in [0, 0.05) is 7.05 Å². The molecular weight excluding hydrogens is 260 g/mol. The van der Waals surface area contributed by atoms with Gasteiger partial charge < -0.3 is 9.72 Å². The van der Waals surface area contributed by atoms with Gasteiger partial charge in [-0.15, -0.1) is 0 Å². The van der Waals surface area contributed by atoms with Crippen LogP contribution in [0.4, 0.5) is 0 Å². The second kappa shape index (κ2) is 5.88. The van der Waals surface area contributed by atoms with Gasteiger partial charge in [-0.25, -0.2) is 0 Å². The molecule has 0 saturated heterocycles. The number of aryl methyl sites for hydroxylation is 2. The van der Waals surface area contributed by atoms with Crippen molar-refractivity contribution in [3.05, 3.63) is 10.5 Å². The van der Waals surface area contributed by atoms with Crippen molar-refractivity contribution in [2.75, 3.05) is 6.61 Å². The molecule has 106 valence electrons. The minimum Gasteiger partial charge on any atom is -0.377 e. The van der Waals surface area contributed by atoms with Gasteiger partial charge in [-0.3, -0.25) is 9.25 Å². The third-order valence-corrected chi connectivity index (χ3v) is 3.40. The monoisotopic (exact) mass is 282 g/mol. The third kappa shape index (κ3) is 2.90. The van der Waals surface area contributed by atoms with Crippen LogP contribution in [0.3, 0.4) is 0 Å². The Bertz CT molecular complexity index is 608. The fraction of sp³-hybridized carbons (Fsp3) is 0.692. The van der Waals surface area contributed by atoms with E-state index in [1.54, 1.807) is 0 Å². The van der Waals surface area contributed by atoms with Gasteiger partial charge in [-0.05, 0) is 32.5 Å². The Labute approximate surface area is 118 Å². The summed E-state index contributed by atoms with van der Waals surface area (Å²) in [6.07, 6.45) is 2.29. The quantitative estimate of drug-likeness (QED) is 0.829. The summed E-state index contributed by atoms with van der Waals surface area (Å²) in [7, 11) is 1.96. The predicted octanol–water partition coefficient (Wildman–Crippen LogP) is 2.81. The smallest absolute Gasteiger partial charge is 0.179 e. The van der Waals surface area contributed by atoms with Crippen molar-refractivity contribution >= 4 is 23.4 Å². The Hall–Kier alpha value is -1.14. The van der Waals surface area contributed by atoms with Crippen molar-refractivity contribution in [1.29, 1.82) is 0 Å². The summed E-state index contributed by atoms with van der Waals surface area (Å²) in [6.45, 7) is 7.64. The van der Waals surface area contributed by atoms with Crippen LogP contribution in [0.2, 0.25) is 0 Å². The van der Waals surface area contributed by atoms with Gasteiger partial charge in [0.25, 0.3) is 0 Å². The number of imidazole rings is 1. The highest BCUT2D eigenvalue weighted by molar-refractivity contribution is 7.71. The number of ether oxygens (including phenoxy) is 1. The van der Waals surface area contributed by atoms with Gasteiger partial charge in [0.05, 0.1) is 24.9 Å². The molecule has 0 atom stereocenters. The van der Waals surface area contributed by atoms with Gasteiger partial charge >= 0.3 is 0 Å². The Morgan fingerprint density at radius 3 is 2.79 bits per heavy atom. The van der Waals surface area contributed by atoms with Crippen LogP contribution in [0.25, 0.3) is 11.2 Å². The number of H-pyrrole nitrogens is 1. The van der Waals surface area contributed by atoms with E-state index in [-0.39, 0.29) is 6.10 Å². The van der Waals surface area contributed by atoms with Crippen molar-refractivity contribution < 1.29 is 4.74 Å². The SMILES string of the molecule is CCCc1nn(C)c2c1[nH]c(=S)n2CCOC(C)C. The highest BCUT2D eigenvalue weighted by Crippen LogP contribution is 2.18. The first-order valence-electron chi connectivity index (χ1n) is 6.80. The summed E-state index contributed by atoms with van der Waals surface area (Å²) in [6, 6.07) is 0. The molecule has 2 aromatic heterocycles. The largest absolute Gasteiger partial charge is 0.377 e.